The molecule has 2 amide bonds. The number of nitrogens with zero attached hydrogens (tertiary/aromatic N) is 1. The normalized spacial score (nSPS) is 12.1. The van der Waals surface area contributed by atoms with Gasteiger partial charge in [0, 0.05) is 24.1 Å². The number of nitrogens with one attached hydrogen (secondary N) is 1. The van der Waals surface area contributed by atoms with Crippen LogP contribution < -0.4 is 10.1 Å². The molecular weight excluding hydrogens is 455 g/mol. The van der Waals surface area contributed by atoms with Gasteiger partial charge < -0.3 is 15.0 Å². The van der Waals surface area contributed by atoms with E-state index in [0.29, 0.717) is 11.3 Å². The van der Waals surface area contributed by atoms with Crippen molar-refractivity contribution in [3.8, 4) is 5.75 Å². The van der Waals surface area contributed by atoms with Crippen LogP contribution >= 0.6 is 0 Å². The Bertz CT molecular complexity index is 1190. The fraction of sp³-hybridized carbons (Fsp3) is 0.333. The Hall–Kier alpha value is -3.67. The van der Waals surface area contributed by atoms with Crippen LogP contribution in [0.5, 0.6) is 5.75 Å². The molecule has 0 aliphatic heterocycles. The molecule has 1 N–H and O–H groups in total. The van der Waals surface area contributed by atoms with Gasteiger partial charge in [-0.05, 0) is 57.9 Å². The fourth-order valence-electron chi connectivity index (χ4n) is 4.00. The van der Waals surface area contributed by atoms with Crippen LogP contribution in [0.15, 0.2) is 72.8 Å². The summed E-state index contributed by atoms with van der Waals surface area (Å²) in [5, 5.41) is 3.00. The lowest BCUT2D eigenvalue weighted by Crippen LogP contribution is -2.55. The molecule has 0 spiro atoms. The summed E-state index contributed by atoms with van der Waals surface area (Å²) < 4.78 is 20.5. The number of carbonyl (C=O) groups is 2. The van der Waals surface area contributed by atoms with Crippen molar-refractivity contribution in [2.24, 2.45) is 0 Å². The van der Waals surface area contributed by atoms with E-state index in [-0.39, 0.29) is 25.5 Å². The van der Waals surface area contributed by atoms with Crippen molar-refractivity contribution < 1.29 is 18.7 Å². The molecule has 0 unspecified atom stereocenters. The average molecular weight is 491 g/mol. The van der Waals surface area contributed by atoms with Gasteiger partial charge in [-0.2, -0.15) is 0 Å². The largest absolute Gasteiger partial charge is 0.483 e. The lowest BCUT2D eigenvalue weighted by molar-refractivity contribution is -0.143. The Morgan fingerprint density at radius 3 is 2.28 bits per heavy atom. The maximum absolute atomic E-state index is 14.6. The van der Waals surface area contributed by atoms with Crippen molar-refractivity contribution in [2.45, 2.75) is 59.2 Å². The highest BCUT2D eigenvalue weighted by Gasteiger charge is 2.33. The van der Waals surface area contributed by atoms with Gasteiger partial charge in [0.2, 0.25) is 5.91 Å². The first-order valence-corrected chi connectivity index (χ1v) is 12.1. The van der Waals surface area contributed by atoms with Gasteiger partial charge in [0.05, 0.1) is 0 Å². The first-order chi connectivity index (χ1) is 17.0. The molecule has 0 aliphatic rings. The van der Waals surface area contributed by atoms with Crippen LogP contribution in [0.2, 0.25) is 0 Å². The summed E-state index contributed by atoms with van der Waals surface area (Å²) in [5.41, 5.74) is 2.73. The summed E-state index contributed by atoms with van der Waals surface area (Å²) in [7, 11) is 0. The van der Waals surface area contributed by atoms with Gasteiger partial charge in [-0.15, -0.1) is 0 Å². The van der Waals surface area contributed by atoms with Crippen LogP contribution in [-0.4, -0.2) is 34.9 Å². The van der Waals surface area contributed by atoms with Gasteiger partial charge in [0.1, 0.15) is 17.6 Å². The summed E-state index contributed by atoms with van der Waals surface area (Å²) in [6.45, 7) is 9.23. The van der Waals surface area contributed by atoms with Crippen LogP contribution in [0.1, 0.15) is 43.0 Å². The van der Waals surface area contributed by atoms with Crippen LogP contribution in [0.4, 0.5) is 4.39 Å². The third-order valence-corrected chi connectivity index (χ3v) is 5.75. The maximum atomic E-state index is 14.6. The summed E-state index contributed by atoms with van der Waals surface area (Å²) in [4.78, 5) is 28.5. The second-order valence-electron chi connectivity index (χ2n) is 10.1. The van der Waals surface area contributed by atoms with Crippen LogP contribution in [0.3, 0.4) is 0 Å². The zero-order valence-corrected chi connectivity index (χ0v) is 21.7. The van der Waals surface area contributed by atoms with E-state index >= 15 is 0 Å². The van der Waals surface area contributed by atoms with Gasteiger partial charge >= 0.3 is 0 Å². The minimum atomic E-state index is -0.860. The molecule has 36 heavy (non-hydrogen) atoms. The Morgan fingerprint density at radius 2 is 1.64 bits per heavy atom. The third kappa shape index (κ3) is 7.67. The van der Waals surface area contributed by atoms with E-state index in [1.165, 1.54) is 11.0 Å². The predicted molar refractivity (Wildman–Crippen MR) is 140 cm³/mol. The number of ether oxygens (including phenoxy) is 1. The average Bonchev–Trinajstić information content (AvgIpc) is 2.81. The van der Waals surface area contributed by atoms with Gasteiger partial charge in [-0.1, -0.05) is 66.2 Å². The molecule has 190 valence electrons. The molecule has 0 aliphatic carbocycles. The van der Waals surface area contributed by atoms with Crippen LogP contribution in [-0.2, 0) is 22.6 Å². The first kappa shape index (κ1) is 26.9. The second-order valence-corrected chi connectivity index (χ2v) is 10.1. The zero-order chi connectivity index (χ0) is 26.3. The Balaban J connectivity index is 1.95. The minimum Gasteiger partial charge on any atom is -0.483 e. The highest BCUT2D eigenvalue weighted by atomic mass is 19.1. The molecule has 0 saturated carbocycles. The van der Waals surface area contributed by atoms with Gasteiger partial charge in [-0.25, -0.2) is 4.39 Å². The summed E-state index contributed by atoms with van der Waals surface area (Å²) in [6.07, 6.45) is 0.284. The van der Waals surface area contributed by atoms with Crippen molar-refractivity contribution in [3.63, 3.8) is 0 Å². The Labute approximate surface area is 213 Å². The van der Waals surface area contributed by atoms with E-state index < -0.39 is 23.3 Å². The number of benzene rings is 3. The molecule has 1 atom stereocenters. The molecule has 3 rings (SSSR count). The number of carbonyl (C=O) groups excluding carboxylic acids is 2. The molecule has 3 aromatic rings. The molecular formula is C30H35FN2O3. The first-order valence-electron chi connectivity index (χ1n) is 12.1. The quantitative estimate of drug-likeness (QED) is 0.438. The Kier molecular flexibility index (Phi) is 8.86. The van der Waals surface area contributed by atoms with E-state index in [1.807, 2.05) is 83.1 Å². The molecule has 0 saturated heterocycles. The number of aryl methyl sites for hydroxylation is 2. The number of hydrogen-bond acceptors (Lipinski definition) is 3. The minimum absolute atomic E-state index is 0.0587. The highest BCUT2D eigenvalue weighted by molar-refractivity contribution is 5.89. The van der Waals surface area contributed by atoms with Crippen molar-refractivity contribution in [1.82, 2.24) is 10.2 Å². The maximum Gasteiger partial charge on any atom is 0.261 e. The monoisotopic (exact) mass is 490 g/mol. The van der Waals surface area contributed by atoms with E-state index in [1.54, 1.807) is 18.2 Å². The van der Waals surface area contributed by atoms with Crippen LogP contribution in [0, 0.1) is 19.7 Å². The van der Waals surface area contributed by atoms with Gasteiger partial charge in [0.25, 0.3) is 5.91 Å². The van der Waals surface area contributed by atoms with E-state index in [2.05, 4.69) is 5.32 Å². The molecule has 0 fully saturated rings. The lowest BCUT2D eigenvalue weighted by Gasteiger charge is -2.34. The smallest absolute Gasteiger partial charge is 0.261 e. The standard InChI is InChI=1S/C30H35FN2O3/c1-21-15-16-27(22(2)17-21)36-20-28(34)33(19-24-13-9-10-14-25(24)31)26(29(35)32-30(3,4)5)18-23-11-7-6-8-12-23/h6-17,26H,18-20H2,1-5H3,(H,32,35)/t26-/m1/s1. The van der Waals surface area contributed by atoms with Crippen molar-refractivity contribution >= 4 is 11.8 Å². The second kappa shape index (κ2) is 11.8. The molecule has 0 radical (unpaired) electrons. The number of hydrogen-bond donors (Lipinski definition) is 1. The van der Waals surface area contributed by atoms with Crippen molar-refractivity contribution in [3.05, 3.63) is 101 Å². The van der Waals surface area contributed by atoms with Crippen molar-refractivity contribution in [2.75, 3.05) is 6.61 Å². The van der Waals surface area contributed by atoms with Crippen molar-refractivity contribution in [1.29, 1.82) is 0 Å². The number of halogens is 1. The third-order valence-electron chi connectivity index (χ3n) is 5.75. The van der Waals surface area contributed by atoms with Gasteiger partial charge in [0.15, 0.2) is 6.61 Å². The van der Waals surface area contributed by atoms with E-state index in [9.17, 15) is 14.0 Å². The van der Waals surface area contributed by atoms with E-state index in [0.717, 1.165) is 16.7 Å². The highest BCUT2D eigenvalue weighted by Crippen LogP contribution is 2.21. The van der Waals surface area contributed by atoms with Crippen LogP contribution in [0.25, 0.3) is 0 Å². The summed E-state index contributed by atoms with van der Waals surface area (Å²) >= 11 is 0. The molecule has 5 nitrogen and oxygen atoms in total. The summed E-state index contributed by atoms with van der Waals surface area (Å²) in [6, 6.07) is 20.7. The fourth-order valence-corrected chi connectivity index (χ4v) is 4.00. The molecule has 0 heterocycles. The lowest BCUT2D eigenvalue weighted by atomic mass is 10.0. The van der Waals surface area contributed by atoms with E-state index in [4.69, 9.17) is 4.74 Å². The number of rotatable bonds is 9. The summed E-state index contributed by atoms with van der Waals surface area (Å²) in [5.74, 6) is -0.537. The molecule has 0 bridgehead atoms. The molecule has 0 aromatic heterocycles. The topological polar surface area (TPSA) is 58.6 Å². The predicted octanol–water partition coefficient (Wildman–Crippen LogP) is 5.38. The van der Waals surface area contributed by atoms with Gasteiger partial charge in [-0.3, -0.25) is 9.59 Å². The Morgan fingerprint density at radius 1 is 0.972 bits per heavy atom. The molecule has 3 aromatic carbocycles. The molecule has 6 heteroatoms. The number of amides is 2. The zero-order valence-electron chi connectivity index (χ0n) is 21.7. The SMILES string of the molecule is Cc1ccc(OCC(=O)N(Cc2ccccc2F)[C@H](Cc2ccccc2)C(=O)NC(C)(C)C)c(C)c1.